The predicted molar refractivity (Wildman–Crippen MR) is 76.7 cm³/mol. The normalized spacial score (nSPS) is 32.1. The highest BCUT2D eigenvalue weighted by Crippen LogP contribution is 2.45. The van der Waals surface area contributed by atoms with Crippen LogP contribution in [0.4, 0.5) is 0 Å². The minimum absolute atomic E-state index is 0.0269. The van der Waals surface area contributed by atoms with Gasteiger partial charge >= 0.3 is 5.97 Å². The molecule has 0 bridgehead atoms. The van der Waals surface area contributed by atoms with Crippen LogP contribution in [0.2, 0.25) is 0 Å². The molecule has 118 valence electrons. The van der Waals surface area contributed by atoms with E-state index >= 15 is 0 Å². The quantitative estimate of drug-likeness (QED) is 0.860. The Bertz CT molecular complexity index is 426. The van der Waals surface area contributed by atoms with Crippen LogP contribution in [0, 0.1) is 17.8 Å². The summed E-state index contributed by atoms with van der Waals surface area (Å²) in [5.74, 6) is -0.465. The van der Waals surface area contributed by atoms with E-state index in [0.717, 1.165) is 44.9 Å². The number of amides is 1. The summed E-state index contributed by atoms with van der Waals surface area (Å²) >= 11 is 0. The molecule has 0 radical (unpaired) electrons. The number of rotatable bonds is 4. The molecular formula is C16H25NO4. The first-order valence-corrected chi connectivity index (χ1v) is 8.15. The van der Waals surface area contributed by atoms with E-state index < -0.39 is 11.6 Å². The first-order valence-electron chi connectivity index (χ1n) is 8.15. The summed E-state index contributed by atoms with van der Waals surface area (Å²) in [4.78, 5) is 26.2. The molecule has 21 heavy (non-hydrogen) atoms. The Morgan fingerprint density at radius 3 is 2.33 bits per heavy atom. The second-order valence-electron chi connectivity index (χ2n) is 6.92. The van der Waals surface area contributed by atoms with Crippen molar-refractivity contribution in [2.24, 2.45) is 17.8 Å². The minimum atomic E-state index is -0.752. The lowest BCUT2D eigenvalue weighted by Gasteiger charge is -2.37. The molecule has 5 heteroatoms. The number of hydrogen-bond acceptors (Lipinski definition) is 3. The maximum Gasteiger partial charge on any atom is 0.308 e. The Kier molecular flexibility index (Phi) is 3.95. The fourth-order valence-corrected chi connectivity index (χ4v) is 4.17. The third-order valence-electron chi connectivity index (χ3n) is 5.64. The molecule has 2 atom stereocenters. The van der Waals surface area contributed by atoms with E-state index in [1.165, 1.54) is 0 Å². The van der Waals surface area contributed by atoms with E-state index in [4.69, 9.17) is 4.74 Å². The number of hydrogen-bond donors (Lipinski definition) is 1. The van der Waals surface area contributed by atoms with E-state index in [-0.39, 0.29) is 17.7 Å². The van der Waals surface area contributed by atoms with Crippen molar-refractivity contribution in [3.8, 4) is 0 Å². The van der Waals surface area contributed by atoms with Crippen LogP contribution in [0.25, 0.3) is 0 Å². The number of aliphatic carboxylic acids is 1. The van der Waals surface area contributed by atoms with E-state index in [1.807, 2.05) is 0 Å². The lowest BCUT2D eigenvalue weighted by atomic mass is 9.83. The largest absolute Gasteiger partial charge is 0.481 e. The molecule has 0 aromatic heterocycles. The Hall–Kier alpha value is -1.10. The van der Waals surface area contributed by atoms with Crippen molar-refractivity contribution in [2.75, 3.05) is 20.2 Å². The molecule has 0 spiro atoms. The van der Waals surface area contributed by atoms with Gasteiger partial charge in [0.1, 0.15) is 5.60 Å². The summed E-state index contributed by atoms with van der Waals surface area (Å²) in [6, 6.07) is 0. The summed E-state index contributed by atoms with van der Waals surface area (Å²) in [6.07, 6.45) is 6.96. The summed E-state index contributed by atoms with van der Waals surface area (Å²) in [6.45, 7) is 0.964. The van der Waals surface area contributed by atoms with Gasteiger partial charge in [0.25, 0.3) is 5.91 Å². The zero-order valence-corrected chi connectivity index (χ0v) is 12.7. The van der Waals surface area contributed by atoms with Crippen LogP contribution in [-0.2, 0) is 14.3 Å². The molecule has 1 N–H and O–H groups in total. The Balaban J connectivity index is 1.74. The zero-order valence-electron chi connectivity index (χ0n) is 12.7. The second-order valence-corrected chi connectivity index (χ2v) is 6.92. The highest BCUT2D eigenvalue weighted by molar-refractivity contribution is 5.86. The SMILES string of the molecule is COC1(C(=O)N2C[C@H](C(=O)O)[C@@H](C3CC3)C2)CCCCC1. The van der Waals surface area contributed by atoms with Gasteiger partial charge in [-0.3, -0.25) is 9.59 Å². The highest BCUT2D eigenvalue weighted by atomic mass is 16.5. The molecule has 3 rings (SSSR count). The number of ether oxygens (including phenoxy) is 1. The molecule has 1 aliphatic heterocycles. The standard InChI is InChI=1S/C16H25NO4/c1-21-16(7-3-2-4-8-16)15(20)17-9-12(11-5-6-11)13(10-17)14(18)19/h11-13H,2-10H2,1H3,(H,18,19)/t12-,13+/m1/s1. The molecule has 2 aliphatic carbocycles. The molecule has 1 amide bonds. The predicted octanol–water partition coefficient (Wildman–Crippen LogP) is 1.90. The molecule has 0 aromatic rings. The van der Waals surface area contributed by atoms with Gasteiger partial charge in [-0.2, -0.15) is 0 Å². The Morgan fingerprint density at radius 2 is 1.81 bits per heavy atom. The van der Waals surface area contributed by atoms with E-state index in [1.54, 1.807) is 12.0 Å². The minimum Gasteiger partial charge on any atom is -0.481 e. The van der Waals surface area contributed by atoms with Gasteiger partial charge in [-0.05, 0) is 37.5 Å². The van der Waals surface area contributed by atoms with Crippen molar-refractivity contribution in [1.29, 1.82) is 0 Å². The molecule has 5 nitrogen and oxygen atoms in total. The van der Waals surface area contributed by atoms with Crippen LogP contribution < -0.4 is 0 Å². The maximum atomic E-state index is 12.9. The molecule has 1 saturated heterocycles. The van der Waals surface area contributed by atoms with Gasteiger partial charge in [0, 0.05) is 20.2 Å². The van der Waals surface area contributed by atoms with Gasteiger partial charge in [0.05, 0.1) is 5.92 Å². The number of carboxylic acids is 1. The number of carboxylic acid groups (broad SMARTS) is 1. The van der Waals surface area contributed by atoms with E-state index in [0.29, 0.717) is 19.0 Å². The van der Waals surface area contributed by atoms with Crippen molar-refractivity contribution in [2.45, 2.75) is 50.5 Å². The number of methoxy groups -OCH3 is 1. The van der Waals surface area contributed by atoms with Crippen LogP contribution in [0.5, 0.6) is 0 Å². The molecule has 3 fully saturated rings. The van der Waals surface area contributed by atoms with Crippen molar-refractivity contribution < 1.29 is 19.4 Å². The number of carbonyl (C=O) groups excluding carboxylic acids is 1. The van der Waals surface area contributed by atoms with E-state index in [9.17, 15) is 14.7 Å². The molecule has 0 unspecified atom stereocenters. The van der Waals surface area contributed by atoms with Crippen LogP contribution in [0.1, 0.15) is 44.9 Å². The van der Waals surface area contributed by atoms with Crippen LogP contribution >= 0.6 is 0 Å². The van der Waals surface area contributed by atoms with Gasteiger partial charge in [0.2, 0.25) is 0 Å². The molecule has 0 aromatic carbocycles. The van der Waals surface area contributed by atoms with Gasteiger partial charge in [-0.1, -0.05) is 19.3 Å². The average Bonchev–Trinajstić information content (AvgIpc) is 3.25. The second kappa shape index (κ2) is 5.59. The lowest BCUT2D eigenvalue weighted by molar-refractivity contribution is -0.158. The summed E-state index contributed by atoms with van der Waals surface area (Å²) in [5.41, 5.74) is -0.695. The smallest absolute Gasteiger partial charge is 0.308 e. The van der Waals surface area contributed by atoms with Crippen molar-refractivity contribution in [3.05, 3.63) is 0 Å². The van der Waals surface area contributed by atoms with Gasteiger partial charge < -0.3 is 14.7 Å². The lowest BCUT2D eigenvalue weighted by Crippen LogP contribution is -2.51. The molecule has 2 saturated carbocycles. The molecule has 3 aliphatic rings. The topological polar surface area (TPSA) is 66.8 Å². The Morgan fingerprint density at radius 1 is 1.14 bits per heavy atom. The third-order valence-corrected chi connectivity index (χ3v) is 5.64. The summed E-state index contributed by atoms with van der Waals surface area (Å²) in [7, 11) is 1.62. The number of nitrogens with zero attached hydrogens (tertiary/aromatic N) is 1. The van der Waals surface area contributed by atoms with Gasteiger partial charge in [-0.25, -0.2) is 0 Å². The fraction of sp³-hybridized carbons (Fsp3) is 0.875. The highest BCUT2D eigenvalue weighted by Gasteiger charge is 2.50. The summed E-state index contributed by atoms with van der Waals surface area (Å²) in [5, 5.41) is 9.42. The van der Waals surface area contributed by atoms with Crippen molar-refractivity contribution >= 4 is 11.9 Å². The number of likely N-dealkylation sites (tertiary alicyclic amines) is 1. The summed E-state index contributed by atoms with van der Waals surface area (Å²) < 4.78 is 5.62. The van der Waals surface area contributed by atoms with Gasteiger partial charge in [0.15, 0.2) is 0 Å². The Labute approximate surface area is 125 Å². The molecular weight excluding hydrogens is 270 g/mol. The molecule has 1 heterocycles. The number of carbonyl (C=O) groups is 2. The van der Waals surface area contributed by atoms with E-state index in [2.05, 4.69) is 0 Å². The van der Waals surface area contributed by atoms with Crippen molar-refractivity contribution in [3.63, 3.8) is 0 Å². The van der Waals surface area contributed by atoms with Crippen LogP contribution in [0.15, 0.2) is 0 Å². The monoisotopic (exact) mass is 295 g/mol. The van der Waals surface area contributed by atoms with Gasteiger partial charge in [-0.15, -0.1) is 0 Å². The van der Waals surface area contributed by atoms with Crippen LogP contribution in [-0.4, -0.2) is 47.7 Å². The van der Waals surface area contributed by atoms with Crippen LogP contribution in [0.3, 0.4) is 0 Å². The first-order chi connectivity index (χ1) is 10.1. The first kappa shape index (κ1) is 14.8. The average molecular weight is 295 g/mol. The maximum absolute atomic E-state index is 12.9. The zero-order chi connectivity index (χ0) is 15.0. The fourth-order valence-electron chi connectivity index (χ4n) is 4.17. The van der Waals surface area contributed by atoms with Crippen molar-refractivity contribution in [1.82, 2.24) is 4.90 Å². The third kappa shape index (κ3) is 2.68.